The van der Waals surface area contributed by atoms with Crippen molar-refractivity contribution in [3.05, 3.63) is 78.9 Å². The molecule has 28 heavy (non-hydrogen) atoms. The SMILES string of the molecule is CCC(Oc1cccc(OC)c1)C(=O)Nc1ccc(Oc2ccccc2)cc1. The van der Waals surface area contributed by atoms with E-state index in [9.17, 15) is 4.79 Å². The molecular weight excluding hydrogens is 354 g/mol. The van der Waals surface area contributed by atoms with Crippen molar-refractivity contribution in [3.63, 3.8) is 0 Å². The molecule has 0 saturated heterocycles. The van der Waals surface area contributed by atoms with Crippen molar-refractivity contribution in [2.45, 2.75) is 19.4 Å². The molecule has 0 aliphatic carbocycles. The molecule has 0 saturated carbocycles. The van der Waals surface area contributed by atoms with Gasteiger partial charge in [0.2, 0.25) is 0 Å². The molecule has 5 nitrogen and oxygen atoms in total. The number of hydrogen-bond donors (Lipinski definition) is 1. The summed E-state index contributed by atoms with van der Waals surface area (Å²) in [4.78, 5) is 12.6. The number of ether oxygens (including phenoxy) is 3. The molecule has 1 amide bonds. The first-order valence-corrected chi connectivity index (χ1v) is 9.12. The molecular formula is C23H23NO4. The van der Waals surface area contributed by atoms with Gasteiger partial charge in [0.15, 0.2) is 6.10 Å². The van der Waals surface area contributed by atoms with Crippen LogP contribution >= 0.6 is 0 Å². The van der Waals surface area contributed by atoms with E-state index < -0.39 is 6.10 Å². The van der Waals surface area contributed by atoms with E-state index in [4.69, 9.17) is 14.2 Å². The second-order valence-electron chi connectivity index (χ2n) is 6.12. The number of methoxy groups -OCH3 is 1. The van der Waals surface area contributed by atoms with Crippen LogP contribution in [0.4, 0.5) is 5.69 Å². The van der Waals surface area contributed by atoms with Gasteiger partial charge >= 0.3 is 0 Å². The molecule has 0 aromatic heterocycles. The highest BCUT2D eigenvalue weighted by atomic mass is 16.5. The summed E-state index contributed by atoms with van der Waals surface area (Å²) in [5, 5.41) is 2.88. The fourth-order valence-corrected chi connectivity index (χ4v) is 2.61. The maximum absolute atomic E-state index is 12.6. The fourth-order valence-electron chi connectivity index (χ4n) is 2.61. The molecule has 0 bridgehead atoms. The molecule has 144 valence electrons. The summed E-state index contributed by atoms with van der Waals surface area (Å²) in [6.07, 6.45) is -0.0644. The Kier molecular flexibility index (Phi) is 6.52. The van der Waals surface area contributed by atoms with E-state index in [2.05, 4.69) is 5.32 Å². The van der Waals surface area contributed by atoms with E-state index in [0.29, 0.717) is 29.4 Å². The first-order chi connectivity index (χ1) is 13.7. The van der Waals surface area contributed by atoms with Gasteiger partial charge < -0.3 is 19.5 Å². The predicted molar refractivity (Wildman–Crippen MR) is 109 cm³/mol. The number of nitrogens with one attached hydrogen (secondary N) is 1. The highest BCUT2D eigenvalue weighted by Gasteiger charge is 2.19. The molecule has 0 radical (unpaired) electrons. The Balaban J connectivity index is 1.60. The van der Waals surface area contributed by atoms with Gasteiger partial charge in [-0.1, -0.05) is 31.2 Å². The summed E-state index contributed by atoms with van der Waals surface area (Å²) in [6, 6.07) is 24.0. The zero-order valence-corrected chi connectivity index (χ0v) is 15.9. The summed E-state index contributed by atoms with van der Waals surface area (Å²) in [5.74, 6) is 2.53. The maximum atomic E-state index is 12.6. The van der Waals surface area contributed by atoms with E-state index >= 15 is 0 Å². The van der Waals surface area contributed by atoms with Gasteiger partial charge in [-0.2, -0.15) is 0 Å². The molecule has 3 rings (SSSR count). The number of amides is 1. The lowest BCUT2D eigenvalue weighted by atomic mass is 10.2. The van der Waals surface area contributed by atoms with Crippen molar-refractivity contribution in [1.82, 2.24) is 0 Å². The largest absolute Gasteiger partial charge is 0.497 e. The van der Waals surface area contributed by atoms with Crippen molar-refractivity contribution in [2.24, 2.45) is 0 Å². The quantitative estimate of drug-likeness (QED) is 0.580. The Labute approximate surface area is 164 Å². The number of carbonyl (C=O) groups excluding carboxylic acids is 1. The molecule has 0 aliphatic heterocycles. The number of para-hydroxylation sites is 1. The smallest absolute Gasteiger partial charge is 0.265 e. The second kappa shape index (κ2) is 9.46. The van der Waals surface area contributed by atoms with Crippen LogP contribution in [0.3, 0.4) is 0 Å². The third-order valence-electron chi connectivity index (χ3n) is 4.08. The summed E-state index contributed by atoms with van der Waals surface area (Å²) in [7, 11) is 1.59. The average Bonchev–Trinajstić information content (AvgIpc) is 2.74. The summed E-state index contributed by atoms with van der Waals surface area (Å²) in [6.45, 7) is 1.90. The van der Waals surface area contributed by atoms with Gasteiger partial charge in [0.25, 0.3) is 5.91 Å². The Morgan fingerprint density at radius 1 is 0.857 bits per heavy atom. The van der Waals surface area contributed by atoms with Gasteiger partial charge in [0, 0.05) is 11.8 Å². The van der Waals surface area contributed by atoms with Crippen LogP contribution in [0.1, 0.15) is 13.3 Å². The number of anilines is 1. The highest BCUT2D eigenvalue weighted by molar-refractivity contribution is 5.94. The summed E-state index contributed by atoms with van der Waals surface area (Å²) in [5.41, 5.74) is 0.679. The Hall–Kier alpha value is -3.47. The van der Waals surface area contributed by atoms with Crippen LogP contribution in [0.2, 0.25) is 0 Å². The van der Waals surface area contributed by atoms with Gasteiger partial charge in [-0.15, -0.1) is 0 Å². The summed E-state index contributed by atoms with van der Waals surface area (Å²) >= 11 is 0. The minimum Gasteiger partial charge on any atom is -0.497 e. The Morgan fingerprint density at radius 3 is 2.18 bits per heavy atom. The molecule has 0 fully saturated rings. The van der Waals surface area contributed by atoms with Crippen LogP contribution < -0.4 is 19.5 Å². The molecule has 3 aromatic rings. The lowest BCUT2D eigenvalue weighted by Gasteiger charge is -2.18. The minimum atomic E-state index is -0.604. The highest BCUT2D eigenvalue weighted by Crippen LogP contribution is 2.24. The lowest BCUT2D eigenvalue weighted by Crippen LogP contribution is -2.32. The minimum absolute atomic E-state index is 0.206. The number of carbonyl (C=O) groups is 1. The molecule has 0 spiro atoms. The van der Waals surface area contributed by atoms with Crippen molar-refractivity contribution in [2.75, 3.05) is 12.4 Å². The zero-order chi connectivity index (χ0) is 19.8. The van der Waals surface area contributed by atoms with Gasteiger partial charge in [-0.25, -0.2) is 0 Å². The molecule has 1 atom stereocenters. The van der Waals surface area contributed by atoms with Crippen LogP contribution in [0.5, 0.6) is 23.0 Å². The number of hydrogen-bond acceptors (Lipinski definition) is 4. The molecule has 5 heteroatoms. The van der Waals surface area contributed by atoms with Crippen LogP contribution in [0.15, 0.2) is 78.9 Å². The molecule has 1 N–H and O–H groups in total. The first-order valence-electron chi connectivity index (χ1n) is 9.12. The topological polar surface area (TPSA) is 56.8 Å². The maximum Gasteiger partial charge on any atom is 0.265 e. The first kappa shape index (κ1) is 19.3. The van der Waals surface area contributed by atoms with Crippen LogP contribution in [0.25, 0.3) is 0 Å². The molecule has 1 unspecified atom stereocenters. The van der Waals surface area contributed by atoms with Crippen molar-refractivity contribution < 1.29 is 19.0 Å². The standard InChI is InChI=1S/C23H23NO4/c1-3-22(28-21-11-7-10-20(16-21)26-2)23(25)24-17-12-14-19(15-13-17)27-18-8-5-4-6-9-18/h4-16,22H,3H2,1-2H3,(H,24,25). The van der Waals surface area contributed by atoms with Crippen LogP contribution in [0, 0.1) is 0 Å². The van der Waals surface area contributed by atoms with E-state index in [1.807, 2.05) is 61.5 Å². The normalized spacial score (nSPS) is 11.4. The molecule has 3 aromatic carbocycles. The van der Waals surface area contributed by atoms with Crippen LogP contribution in [-0.2, 0) is 4.79 Å². The van der Waals surface area contributed by atoms with Gasteiger partial charge in [0.05, 0.1) is 7.11 Å². The molecule has 0 heterocycles. The fraction of sp³-hybridized carbons (Fsp3) is 0.174. The third kappa shape index (κ3) is 5.27. The van der Waals surface area contributed by atoms with E-state index in [1.165, 1.54) is 0 Å². The van der Waals surface area contributed by atoms with Crippen molar-refractivity contribution in [1.29, 1.82) is 0 Å². The van der Waals surface area contributed by atoms with Crippen molar-refractivity contribution in [3.8, 4) is 23.0 Å². The predicted octanol–water partition coefficient (Wildman–Crippen LogP) is 5.28. The van der Waals surface area contributed by atoms with Crippen molar-refractivity contribution >= 4 is 11.6 Å². The number of rotatable bonds is 8. The second-order valence-corrected chi connectivity index (χ2v) is 6.12. The number of benzene rings is 3. The summed E-state index contributed by atoms with van der Waals surface area (Å²) < 4.78 is 16.8. The Bertz CT molecular complexity index is 894. The average molecular weight is 377 g/mol. The molecule has 0 aliphatic rings. The Morgan fingerprint density at radius 2 is 1.50 bits per heavy atom. The van der Waals surface area contributed by atoms with Gasteiger partial charge in [0.1, 0.15) is 23.0 Å². The van der Waals surface area contributed by atoms with Gasteiger partial charge in [-0.05, 0) is 55.0 Å². The lowest BCUT2D eigenvalue weighted by molar-refractivity contribution is -0.122. The monoisotopic (exact) mass is 377 g/mol. The third-order valence-corrected chi connectivity index (χ3v) is 4.08. The van der Waals surface area contributed by atoms with E-state index in [-0.39, 0.29) is 5.91 Å². The van der Waals surface area contributed by atoms with E-state index in [0.717, 1.165) is 5.75 Å². The van der Waals surface area contributed by atoms with E-state index in [1.54, 1.807) is 31.4 Å². The van der Waals surface area contributed by atoms with Gasteiger partial charge in [-0.3, -0.25) is 4.79 Å². The van der Waals surface area contributed by atoms with Crippen LogP contribution in [-0.4, -0.2) is 19.1 Å². The zero-order valence-electron chi connectivity index (χ0n) is 15.9.